The summed E-state index contributed by atoms with van der Waals surface area (Å²) < 4.78 is 32.3. The van der Waals surface area contributed by atoms with Gasteiger partial charge in [-0.25, -0.2) is 13.1 Å². The molecule has 1 saturated heterocycles. The van der Waals surface area contributed by atoms with Crippen LogP contribution in [0.4, 0.5) is 0 Å². The summed E-state index contributed by atoms with van der Waals surface area (Å²) in [5.41, 5.74) is 0. The molecule has 0 radical (unpaired) electrons. The van der Waals surface area contributed by atoms with Crippen LogP contribution in [0.25, 0.3) is 0 Å². The van der Waals surface area contributed by atoms with Crippen LogP contribution in [0.5, 0.6) is 5.75 Å². The molecule has 112 valence electrons. The first-order chi connectivity index (χ1) is 9.62. The minimum absolute atomic E-state index is 0.253. The van der Waals surface area contributed by atoms with Gasteiger partial charge in [-0.05, 0) is 44.9 Å². The van der Waals surface area contributed by atoms with Crippen LogP contribution in [-0.4, -0.2) is 34.2 Å². The van der Waals surface area contributed by atoms with E-state index in [1.165, 1.54) is 6.42 Å². The van der Waals surface area contributed by atoms with Gasteiger partial charge < -0.3 is 10.1 Å². The first-order valence-electron chi connectivity index (χ1n) is 7.08. The first kappa shape index (κ1) is 15.3. The fourth-order valence-electron chi connectivity index (χ4n) is 2.35. The number of hydrogen-bond acceptors (Lipinski definition) is 4. The zero-order valence-corrected chi connectivity index (χ0v) is 12.6. The van der Waals surface area contributed by atoms with Crippen molar-refractivity contribution in [2.75, 3.05) is 19.7 Å². The van der Waals surface area contributed by atoms with E-state index < -0.39 is 10.0 Å². The third-order valence-corrected chi connectivity index (χ3v) is 4.83. The highest BCUT2D eigenvalue weighted by Crippen LogP contribution is 2.17. The van der Waals surface area contributed by atoms with Gasteiger partial charge in [0.2, 0.25) is 10.0 Å². The summed E-state index contributed by atoms with van der Waals surface area (Å²) >= 11 is 0. The molecule has 2 N–H and O–H groups in total. The summed E-state index contributed by atoms with van der Waals surface area (Å²) in [6.07, 6.45) is 3.12. The van der Waals surface area contributed by atoms with E-state index in [1.807, 2.05) is 6.92 Å². The molecule has 1 fully saturated rings. The van der Waals surface area contributed by atoms with Gasteiger partial charge in [0, 0.05) is 18.7 Å². The van der Waals surface area contributed by atoms with E-state index in [0.717, 1.165) is 19.4 Å². The third kappa shape index (κ3) is 4.19. The molecule has 20 heavy (non-hydrogen) atoms. The van der Waals surface area contributed by atoms with E-state index in [-0.39, 0.29) is 4.90 Å². The van der Waals surface area contributed by atoms with Crippen molar-refractivity contribution in [3.63, 3.8) is 0 Å². The summed E-state index contributed by atoms with van der Waals surface area (Å²) in [4.78, 5) is 0.253. The SMILES string of the molecule is CCOc1cccc(S(=O)(=O)NCC[C@H]2CCCN2)c1. The second kappa shape index (κ2) is 7.06. The van der Waals surface area contributed by atoms with Gasteiger partial charge in [0.05, 0.1) is 11.5 Å². The zero-order chi connectivity index (χ0) is 14.4. The van der Waals surface area contributed by atoms with Gasteiger partial charge in [0.1, 0.15) is 5.75 Å². The standard InChI is InChI=1S/C14H22N2O3S/c1-2-19-13-6-3-7-14(11-13)20(17,18)16-10-8-12-5-4-9-15-12/h3,6-7,11-12,15-16H,2,4-5,8-10H2,1H3/t12-/m1/s1. The number of rotatable bonds is 7. The van der Waals surface area contributed by atoms with E-state index in [4.69, 9.17) is 4.74 Å². The monoisotopic (exact) mass is 298 g/mol. The fourth-order valence-corrected chi connectivity index (χ4v) is 3.43. The van der Waals surface area contributed by atoms with Crippen molar-refractivity contribution in [3.05, 3.63) is 24.3 Å². The van der Waals surface area contributed by atoms with Crippen molar-refractivity contribution in [1.82, 2.24) is 10.0 Å². The lowest BCUT2D eigenvalue weighted by atomic mass is 10.2. The molecule has 0 bridgehead atoms. The van der Waals surface area contributed by atoms with Crippen LogP contribution in [0.1, 0.15) is 26.2 Å². The topological polar surface area (TPSA) is 67.4 Å². The number of nitrogens with one attached hydrogen (secondary N) is 2. The molecule has 1 aromatic rings. The highest BCUT2D eigenvalue weighted by molar-refractivity contribution is 7.89. The zero-order valence-electron chi connectivity index (χ0n) is 11.8. The van der Waals surface area contributed by atoms with E-state index in [9.17, 15) is 8.42 Å². The van der Waals surface area contributed by atoms with Crippen molar-refractivity contribution in [3.8, 4) is 5.75 Å². The van der Waals surface area contributed by atoms with Crippen molar-refractivity contribution >= 4 is 10.0 Å². The Morgan fingerprint density at radius 3 is 3.00 bits per heavy atom. The van der Waals surface area contributed by atoms with Gasteiger partial charge in [-0.15, -0.1) is 0 Å². The van der Waals surface area contributed by atoms with Gasteiger partial charge >= 0.3 is 0 Å². The number of benzene rings is 1. The lowest BCUT2D eigenvalue weighted by Gasteiger charge is -2.12. The molecule has 2 rings (SSSR count). The first-order valence-corrected chi connectivity index (χ1v) is 8.56. The third-order valence-electron chi connectivity index (χ3n) is 3.37. The molecule has 0 aliphatic carbocycles. The Morgan fingerprint density at radius 1 is 1.45 bits per heavy atom. The lowest BCUT2D eigenvalue weighted by Crippen LogP contribution is -2.30. The average Bonchev–Trinajstić information content (AvgIpc) is 2.92. The van der Waals surface area contributed by atoms with Crippen LogP contribution in [-0.2, 0) is 10.0 Å². The van der Waals surface area contributed by atoms with Crippen LogP contribution < -0.4 is 14.8 Å². The molecule has 0 saturated carbocycles. The summed E-state index contributed by atoms with van der Waals surface area (Å²) in [5.74, 6) is 0.577. The lowest BCUT2D eigenvalue weighted by molar-refractivity contribution is 0.339. The predicted molar refractivity (Wildman–Crippen MR) is 78.4 cm³/mol. The van der Waals surface area contributed by atoms with Crippen molar-refractivity contribution in [2.45, 2.75) is 37.1 Å². The largest absolute Gasteiger partial charge is 0.494 e. The Balaban J connectivity index is 1.93. The molecule has 0 amide bonds. The quantitative estimate of drug-likeness (QED) is 0.800. The van der Waals surface area contributed by atoms with Crippen LogP contribution in [0, 0.1) is 0 Å². The van der Waals surface area contributed by atoms with E-state index in [2.05, 4.69) is 10.0 Å². The molecule has 6 heteroatoms. The van der Waals surface area contributed by atoms with Gasteiger partial charge in [-0.3, -0.25) is 0 Å². The average molecular weight is 298 g/mol. The van der Waals surface area contributed by atoms with E-state index >= 15 is 0 Å². The molecule has 5 nitrogen and oxygen atoms in total. The van der Waals surface area contributed by atoms with Crippen molar-refractivity contribution in [2.24, 2.45) is 0 Å². The highest BCUT2D eigenvalue weighted by atomic mass is 32.2. The second-order valence-corrected chi connectivity index (χ2v) is 6.65. The summed E-state index contributed by atoms with van der Waals surface area (Å²) in [7, 11) is -3.45. The minimum atomic E-state index is -3.45. The molecule has 0 spiro atoms. The normalized spacial score (nSPS) is 19.1. The Morgan fingerprint density at radius 2 is 2.30 bits per heavy atom. The maximum absolute atomic E-state index is 12.2. The van der Waals surface area contributed by atoms with E-state index in [1.54, 1.807) is 24.3 Å². The van der Waals surface area contributed by atoms with Crippen LogP contribution in [0.15, 0.2) is 29.2 Å². The maximum Gasteiger partial charge on any atom is 0.240 e. The number of hydrogen-bond donors (Lipinski definition) is 2. The number of sulfonamides is 1. The molecule has 0 aromatic heterocycles. The molecule has 1 aliphatic heterocycles. The number of ether oxygens (including phenoxy) is 1. The van der Waals surface area contributed by atoms with Gasteiger partial charge in [-0.1, -0.05) is 6.07 Å². The molecule has 1 heterocycles. The Hall–Kier alpha value is -1.11. The van der Waals surface area contributed by atoms with Crippen LogP contribution in [0.3, 0.4) is 0 Å². The van der Waals surface area contributed by atoms with Crippen LogP contribution >= 0.6 is 0 Å². The van der Waals surface area contributed by atoms with Gasteiger partial charge in [0.25, 0.3) is 0 Å². The summed E-state index contributed by atoms with van der Waals surface area (Å²) in [6, 6.07) is 7.02. The highest BCUT2D eigenvalue weighted by Gasteiger charge is 2.17. The molecular formula is C14H22N2O3S. The van der Waals surface area contributed by atoms with Crippen molar-refractivity contribution in [1.29, 1.82) is 0 Å². The fraction of sp³-hybridized carbons (Fsp3) is 0.571. The van der Waals surface area contributed by atoms with Gasteiger partial charge in [-0.2, -0.15) is 0 Å². The summed E-state index contributed by atoms with van der Waals surface area (Å²) in [6.45, 7) is 3.88. The predicted octanol–water partition coefficient (Wildman–Crippen LogP) is 1.51. The second-order valence-electron chi connectivity index (χ2n) is 4.89. The molecule has 1 atom stereocenters. The van der Waals surface area contributed by atoms with Crippen LogP contribution in [0.2, 0.25) is 0 Å². The smallest absolute Gasteiger partial charge is 0.240 e. The maximum atomic E-state index is 12.2. The Bertz CT molecular complexity index is 525. The molecule has 1 aliphatic rings. The summed E-state index contributed by atoms with van der Waals surface area (Å²) in [5, 5.41) is 3.35. The Kier molecular flexibility index (Phi) is 5.39. The van der Waals surface area contributed by atoms with E-state index in [0.29, 0.717) is 24.9 Å². The minimum Gasteiger partial charge on any atom is -0.494 e. The van der Waals surface area contributed by atoms with Gasteiger partial charge in [0.15, 0.2) is 0 Å². The molecule has 0 unspecified atom stereocenters. The molecule has 1 aromatic carbocycles. The molecular weight excluding hydrogens is 276 g/mol. The Labute approximate surface area is 120 Å². The van der Waals surface area contributed by atoms with Crippen molar-refractivity contribution < 1.29 is 13.2 Å².